The molecular weight excluding hydrogens is 276 g/mol. The Morgan fingerprint density at radius 1 is 1.38 bits per heavy atom. The van der Waals surface area contributed by atoms with Gasteiger partial charge in [0.2, 0.25) is 0 Å². The second-order valence-electron chi connectivity index (χ2n) is 4.15. The highest BCUT2D eigenvalue weighted by molar-refractivity contribution is 5.93. The van der Waals surface area contributed by atoms with Gasteiger partial charge in [0.25, 0.3) is 5.69 Å². The van der Waals surface area contributed by atoms with Crippen molar-refractivity contribution in [1.29, 1.82) is 0 Å². The first-order valence-electron chi connectivity index (χ1n) is 6.09. The van der Waals surface area contributed by atoms with E-state index in [0.29, 0.717) is 13.0 Å². The van der Waals surface area contributed by atoms with Crippen LogP contribution in [0.2, 0.25) is 0 Å². The maximum atomic E-state index is 11.1. The topological polar surface area (TPSA) is 118 Å². The van der Waals surface area contributed by atoms with Gasteiger partial charge >= 0.3 is 5.97 Å². The molecule has 0 aliphatic heterocycles. The molecule has 21 heavy (non-hydrogen) atoms. The zero-order valence-electron chi connectivity index (χ0n) is 10.9. The number of aromatic carboxylic acids is 1. The highest BCUT2D eigenvalue weighted by Gasteiger charge is 2.17. The summed E-state index contributed by atoms with van der Waals surface area (Å²) in [6.45, 7) is 0.419. The van der Waals surface area contributed by atoms with Crippen LogP contribution in [0.3, 0.4) is 0 Å². The van der Waals surface area contributed by atoms with E-state index in [9.17, 15) is 14.9 Å². The second-order valence-corrected chi connectivity index (χ2v) is 4.15. The predicted molar refractivity (Wildman–Crippen MR) is 74.3 cm³/mol. The molecule has 108 valence electrons. The van der Waals surface area contributed by atoms with Crippen LogP contribution in [-0.4, -0.2) is 32.5 Å². The van der Waals surface area contributed by atoms with E-state index in [0.717, 1.165) is 18.0 Å². The van der Waals surface area contributed by atoms with Crippen molar-refractivity contribution in [1.82, 2.24) is 9.97 Å². The quantitative estimate of drug-likeness (QED) is 0.613. The number of carbonyl (C=O) groups is 1. The fraction of sp³-hybridized carbons (Fsp3) is 0.154. The summed E-state index contributed by atoms with van der Waals surface area (Å²) in [5.41, 5.74) is 0.261. The molecule has 8 heteroatoms. The van der Waals surface area contributed by atoms with E-state index in [1.807, 2.05) is 12.1 Å². The van der Waals surface area contributed by atoms with E-state index < -0.39 is 10.9 Å². The van der Waals surface area contributed by atoms with Gasteiger partial charge in [0.15, 0.2) is 0 Å². The largest absolute Gasteiger partial charge is 0.478 e. The van der Waals surface area contributed by atoms with Crippen LogP contribution in [0, 0.1) is 10.1 Å². The van der Waals surface area contributed by atoms with Gasteiger partial charge < -0.3 is 10.4 Å². The maximum Gasteiger partial charge on any atom is 0.339 e. The van der Waals surface area contributed by atoms with E-state index in [1.54, 1.807) is 12.3 Å². The number of carboxylic acid groups (broad SMARTS) is 1. The zero-order valence-corrected chi connectivity index (χ0v) is 10.9. The lowest BCUT2D eigenvalue weighted by Crippen LogP contribution is -2.12. The number of aromatic nitrogens is 2. The first-order chi connectivity index (χ1) is 10.1. The van der Waals surface area contributed by atoms with E-state index in [4.69, 9.17) is 5.11 Å². The molecule has 0 aliphatic carbocycles. The molecule has 2 aromatic rings. The zero-order chi connectivity index (χ0) is 15.2. The van der Waals surface area contributed by atoms with E-state index in [1.165, 1.54) is 0 Å². The summed E-state index contributed by atoms with van der Waals surface area (Å²) in [5, 5.41) is 22.6. The van der Waals surface area contributed by atoms with Crippen molar-refractivity contribution in [3.63, 3.8) is 0 Å². The van der Waals surface area contributed by atoms with Gasteiger partial charge in [-0.1, -0.05) is 6.07 Å². The van der Waals surface area contributed by atoms with Gasteiger partial charge in [-0.2, -0.15) is 0 Å². The standard InChI is InChI=1S/C13H12N4O4/c18-13(19)11-7-10(17(20)21)8-16-12(11)15-6-4-9-3-1-2-5-14-9/h1-3,5,7-8H,4,6H2,(H,15,16)(H,18,19). The lowest BCUT2D eigenvalue weighted by atomic mass is 10.2. The van der Waals surface area contributed by atoms with E-state index in [-0.39, 0.29) is 17.1 Å². The lowest BCUT2D eigenvalue weighted by Gasteiger charge is -2.08. The molecule has 0 amide bonds. The molecule has 0 saturated heterocycles. The van der Waals surface area contributed by atoms with Crippen LogP contribution < -0.4 is 5.32 Å². The van der Waals surface area contributed by atoms with Crippen molar-refractivity contribution in [3.05, 3.63) is 58.0 Å². The number of carboxylic acids is 1. The van der Waals surface area contributed by atoms with Crippen molar-refractivity contribution in [2.75, 3.05) is 11.9 Å². The second kappa shape index (κ2) is 6.42. The summed E-state index contributed by atoms with van der Waals surface area (Å²) in [6, 6.07) is 6.49. The van der Waals surface area contributed by atoms with Gasteiger partial charge in [0.05, 0.1) is 4.92 Å². The summed E-state index contributed by atoms with van der Waals surface area (Å²) in [5.74, 6) is -1.17. The molecule has 0 fully saturated rings. The van der Waals surface area contributed by atoms with Crippen LogP contribution in [0.15, 0.2) is 36.7 Å². The Balaban J connectivity index is 2.09. The Hall–Kier alpha value is -3.03. The van der Waals surface area contributed by atoms with Gasteiger partial charge in [-0.15, -0.1) is 0 Å². The Bertz CT molecular complexity index is 660. The lowest BCUT2D eigenvalue weighted by molar-refractivity contribution is -0.385. The van der Waals surface area contributed by atoms with Gasteiger partial charge in [-0.05, 0) is 12.1 Å². The van der Waals surface area contributed by atoms with Gasteiger partial charge in [-0.25, -0.2) is 9.78 Å². The number of nitro groups is 1. The van der Waals surface area contributed by atoms with Crippen molar-refractivity contribution >= 4 is 17.5 Å². The molecular formula is C13H12N4O4. The Labute approximate surface area is 119 Å². The molecule has 2 heterocycles. The normalized spacial score (nSPS) is 10.1. The fourth-order valence-electron chi connectivity index (χ4n) is 1.71. The molecule has 0 spiro atoms. The summed E-state index contributed by atoms with van der Waals surface area (Å²) >= 11 is 0. The number of hydrogen-bond donors (Lipinski definition) is 2. The van der Waals surface area contributed by atoms with Crippen molar-refractivity contribution < 1.29 is 14.8 Å². The molecule has 0 saturated carbocycles. The molecule has 8 nitrogen and oxygen atoms in total. The Kier molecular flexibility index (Phi) is 4.39. The number of nitrogens with one attached hydrogen (secondary N) is 1. The Morgan fingerprint density at radius 2 is 2.19 bits per heavy atom. The number of nitrogens with zero attached hydrogens (tertiary/aromatic N) is 3. The number of hydrogen-bond acceptors (Lipinski definition) is 6. The highest BCUT2D eigenvalue weighted by atomic mass is 16.6. The van der Waals surface area contributed by atoms with Crippen molar-refractivity contribution in [2.24, 2.45) is 0 Å². The van der Waals surface area contributed by atoms with E-state index in [2.05, 4.69) is 15.3 Å². The van der Waals surface area contributed by atoms with E-state index >= 15 is 0 Å². The number of anilines is 1. The van der Waals surface area contributed by atoms with Crippen LogP contribution in [0.1, 0.15) is 16.1 Å². The van der Waals surface area contributed by atoms with Crippen molar-refractivity contribution in [2.45, 2.75) is 6.42 Å². The molecule has 0 radical (unpaired) electrons. The smallest absolute Gasteiger partial charge is 0.339 e. The molecule has 2 N–H and O–H groups in total. The minimum atomic E-state index is -1.27. The molecule has 2 rings (SSSR count). The third-order valence-electron chi connectivity index (χ3n) is 2.71. The minimum Gasteiger partial charge on any atom is -0.478 e. The molecule has 0 aliphatic rings. The molecule has 0 unspecified atom stereocenters. The summed E-state index contributed by atoms with van der Waals surface area (Å²) < 4.78 is 0. The number of rotatable bonds is 6. The highest BCUT2D eigenvalue weighted by Crippen LogP contribution is 2.19. The van der Waals surface area contributed by atoms with Gasteiger partial charge in [0, 0.05) is 30.9 Å². The summed E-state index contributed by atoms with van der Waals surface area (Å²) in [7, 11) is 0. The molecule has 0 atom stereocenters. The van der Waals surface area contributed by atoms with Crippen LogP contribution in [0.4, 0.5) is 11.5 Å². The molecule has 0 aromatic carbocycles. The average Bonchev–Trinajstić information content (AvgIpc) is 2.48. The first-order valence-corrected chi connectivity index (χ1v) is 6.09. The third-order valence-corrected chi connectivity index (χ3v) is 2.71. The van der Waals surface area contributed by atoms with Crippen molar-refractivity contribution in [3.8, 4) is 0 Å². The van der Waals surface area contributed by atoms with Crippen LogP contribution in [0.25, 0.3) is 0 Å². The van der Waals surface area contributed by atoms with Gasteiger partial charge in [0.1, 0.15) is 17.6 Å². The molecule has 2 aromatic heterocycles. The summed E-state index contributed by atoms with van der Waals surface area (Å²) in [6.07, 6.45) is 3.27. The average molecular weight is 288 g/mol. The van der Waals surface area contributed by atoms with Crippen LogP contribution in [0.5, 0.6) is 0 Å². The SMILES string of the molecule is O=C(O)c1cc([N+](=O)[O-])cnc1NCCc1ccccn1. The minimum absolute atomic E-state index is 0.101. The first kappa shape index (κ1) is 14.4. The Morgan fingerprint density at radius 3 is 2.81 bits per heavy atom. The van der Waals surface area contributed by atoms with Gasteiger partial charge in [-0.3, -0.25) is 15.1 Å². The molecule has 0 bridgehead atoms. The van der Waals surface area contributed by atoms with Crippen LogP contribution in [-0.2, 0) is 6.42 Å². The fourth-order valence-corrected chi connectivity index (χ4v) is 1.71. The third kappa shape index (κ3) is 3.72. The monoisotopic (exact) mass is 288 g/mol. The summed E-state index contributed by atoms with van der Waals surface area (Å²) in [4.78, 5) is 29.0. The van der Waals surface area contributed by atoms with Crippen LogP contribution >= 0.6 is 0 Å². The maximum absolute atomic E-state index is 11.1. The number of pyridine rings is 2. The predicted octanol–water partition coefficient (Wildman–Crippen LogP) is 1.74.